The van der Waals surface area contributed by atoms with Crippen molar-refractivity contribution < 1.29 is 5.11 Å². The van der Waals surface area contributed by atoms with Crippen LogP contribution in [0.5, 0.6) is 0 Å². The highest BCUT2D eigenvalue weighted by molar-refractivity contribution is 5.71. The normalized spacial score (nSPS) is 20.9. The van der Waals surface area contributed by atoms with Crippen LogP contribution in [0.3, 0.4) is 0 Å². The Morgan fingerprint density at radius 2 is 2.00 bits per heavy atom. The molecule has 2 nitrogen and oxygen atoms in total. The van der Waals surface area contributed by atoms with Gasteiger partial charge in [0.15, 0.2) is 0 Å². The lowest BCUT2D eigenvalue weighted by molar-refractivity contribution is 0.356. The second-order valence-corrected chi connectivity index (χ2v) is 3.82. The Bertz CT molecular complexity index is 243. The van der Waals surface area contributed by atoms with Crippen molar-refractivity contribution in [1.82, 2.24) is 0 Å². The Kier molecular flexibility index (Phi) is 4.44. The van der Waals surface area contributed by atoms with Crippen LogP contribution in [0.1, 0.15) is 39.0 Å². The second-order valence-electron chi connectivity index (χ2n) is 3.82. The van der Waals surface area contributed by atoms with Crippen molar-refractivity contribution in [1.29, 1.82) is 0 Å². The standard InChI is InChI=1S/C12H19NO/c1-3-9-13-12(10(2)14)11-7-5-4-6-8-11/h3,9,11,14H,1,4-8H2,2H3/b12-10+,13-9?. The predicted molar refractivity (Wildman–Crippen MR) is 60.6 cm³/mol. The van der Waals surface area contributed by atoms with Crippen LogP contribution in [0.2, 0.25) is 0 Å². The maximum absolute atomic E-state index is 9.52. The summed E-state index contributed by atoms with van der Waals surface area (Å²) in [6.45, 7) is 5.30. The minimum absolute atomic E-state index is 0.356. The highest BCUT2D eigenvalue weighted by Crippen LogP contribution is 2.31. The predicted octanol–water partition coefficient (Wildman–Crippen LogP) is 3.61. The first kappa shape index (κ1) is 11.0. The van der Waals surface area contributed by atoms with Gasteiger partial charge in [0.25, 0.3) is 0 Å². The number of hydrogen-bond donors (Lipinski definition) is 1. The first-order valence-corrected chi connectivity index (χ1v) is 5.30. The topological polar surface area (TPSA) is 32.6 Å². The van der Waals surface area contributed by atoms with Crippen molar-refractivity contribution in [2.24, 2.45) is 10.9 Å². The van der Waals surface area contributed by atoms with Gasteiger partial charge in [0, 0.05) is 12.1 Å². The summed E-state index contributed by atoms with van der Waals surface area (Å²) in [5, 5.41) is 9.52. The quantitative estimate of drug-likeness (QED) is 0.539. The summed E-state index contributed by atoms with van der Waals surface area (Å²) in [6.07, 6.45) is 9.44. The van der Waals surface area contributed by atoms with Crippen LogP contribution in [0.4, 0.5) is 0 Å². The molecule has 1 saturated carbocycles. The number of hydrogen-bond acceptors (Lipinski definition) is 2. The molecule has 0 bridgehead atoms. The molecule has 1 aliphatic rings. The molecular weight excluding hydrogens is 174 g/mol. The second kappa shape index (κ2) is 5.63. The smallest absolute Gasteiger partial charge is 0.111 e. The average Bonchev–Trinajstić information content (AvgIpc) is 2.19. The monoisotopic (exact) mass is 193 g/mol. The summed E-state index contributed by atoms with van der Waals surface area (Å²) in [5.41, 5.74) is 0.851. The van der Waals surface area contributed by atoms with E-state index in [0.717, 1.165) is 18.5 Å². The molecule has 78 valence electrons. The van der Waals surface area contributed by atoms with Crippen LogP contribution in [-0.2, 0) is 0 Å². The molecule has 1 fully saturated rings. The van der Waals surface area contributed by atoms with Crippen LogP contribution >= 0.6 is 0 Å². The summed E-state index contributed by atoms with van der Waals surface area (Å²) < 4.78 is 0. The molecule has 0 saturated heterocycles. The van der Waals surface area contributed by atoms with Crippen LogP contribution in [0, 0.1) is 5.92 Å². The van der Waals surface area contributed by atoms with Crippen molar-refractivity contribution in [3.05, 3.63) is 24.1 Å². The maximum atomic E-state index is 9.52. The van der Waals surface area contributed by atoms with E-state index in [-0.39, 0.29) is 0 Å². The fourth-order valence-corrected chi connectivity index (χ4v) is 2.00. The highest BCUT2D eigenvalue weighted by Gasteiger charge is 2.18. The third kappa shape index (κ3) is 3.02. The number of allylic oxidation sites excluding steroid dienone is 3. The molecule has 1 rings (SSSR count). The molecular formula is C12H19NO. The lowest BCUT2D eigenvalue weighted by Crippen LogP contribution is -2.09. The van der Waals surface area contributed by atoms with E-state index >= 15 is 0 Å². The minimum atomic E-state index is 0.356. The molecule has 0 aliphatic heterocycles. The summed E-state index contributed by atoms with van der Waals surface area (Å²) in [4.78, 5) is 4.25. The lowest BCUT2D eigenvalue weighted by atomic mass is 9.86. The summed E-state index contributed by atoms with van der Waals surface area (Å²) in [5.74, 6) is 0.806. The molecule has 0 aromatic heterocycles. The fraction of sp³-hybridized carbons (Fsp3) is 0.583. The molecule has 0 heterocycles. The molecule has 2 heteroatoms. The van der Waals surface area contributed by atoms with Gasteiger partial charge in [-0.2, -0.15) is 0 Å². The zero-order valence-corrected chi connectivity index (χ0v) is 8.87. The van der Waals surface area contributed by atoms with Gasteiger partial charge < -0.3 is 5.11 Å². The number of nitrogens with zero attached hydrogens (tertiary/aromatic N) is 1. The van der Waals surface area contributed by atoms with Crippen molar-refractivity contribution >= 4 is 6.21 Å². The van der Waals surface area contributed by atoms with Gasteiger partial charge in [-0.1, -0.05) is 31.9 Å². The van der Waals surface area contributed by atoms with Gasteiger partial charge in [-0.25, -0.2) is 0 Å². The molecule has 1 aliphatic carbocycles. The summed E-state index contributed by atoms with van der Waals surface area (Å²) in [7, 11) is 0. The SMILES string of the molecule is C=CC=N/C(=C(\C)O)C1CCCCC1. The Hall–Kier alpha value is -1.05. The van der Waals surface area contributed by atoms with Crippen molar-refractivity contribution in [2.75, 3.05) is 0 Å². The van der Waals surface area contributed by atoms with Gasteiger partial charge in [0.05, 0.1) is 5.70 Å². The van der Waals surface area contributed by atoms with Gasteiger partial charge in [0.1, 0.15) is 5.76 Å². The zero-order chi connectivity index (χ0) is 10.4. The molecule has 0 aromatic carbocycles. The minimum Gasteiger partial charge on any atom is -0.511 e. The number of aliphatic imine (C=N–C) groups is 1. The van der Waals surface area contributed by atoms with Crippen molar-refractivity contribution in [3.8, 4) is 0 Å². The van der Waals surface area contributed by atoms with E-state index in [1.807, 2.05) is 0 Å². The van der Waals surface area contributed by atoms with Crippen LogP contribution < -0.4 is 0 Å². The third-order valence-electron chi connectivity index (χ3n) is 2.68. The summed E-state index contributed by atoms with van der Waals surface area (Å²) in [6, 6.07) is 0. The van der Waals surface area contributed by atoms with E-state index < -0.39 is 0 Å². The molecule has 0 atom stereocenters. The highest BCUT2D eigenvalue weighted by atomic mass is 16.3. The third-order valence-corrected chi connectivity index (χ3v) is 2.68. The van der Waals surface area contributed by atoms with Crippen LogP contribution in [0.15, 0.2) is 29.1 Å². The maximum Gasteiger partial charge on any atom is 0.111 e. The van der Waals surface area contributed by atoms with E-state index in [2.05, 4.69) is 11.6 Å². The zero-order valence-electron chi connectivity index (χ0n) is 8.87. The van der Waals surface area contributed by atoms with Crippen molar-refractivity contribution in [2.45, 2.75) is 39.0 Å². The number of aliphatic hydroxyl groups is 1. The van der Waals surface area contributed by atoms with Gasteiger partial charge >= 0.3 is 0 Å². The molecule has 0 amide bonds. The van der Waals surface area contributed by atoms with E-state index in [0.29, 0.717) is 11.7 Å². The molecule has 0 aromatic rings. The van der Waals surface area contributed by atoms with Crippen molar-refractivity contribution in [3.63, 3.8) is 0 Å². The molecule has 0 radical (unpaired) electrons. The Morgan fingerprint density at radius 3 is 2.50 bits per heavy atom. The molecule has 14 heavy (non-hydrogen) atoms. The summed E-state index contributed by atoms with van der Waals surface area (Å²) >= 11 is 0. The Labute approximate surface area is 86.1 Å². The van der Waals surface area contributed by atoms with E-state index in [1.165, 1.54) is 19.3 Å². The number of rotatable bonds is 3. The van der Waals surface area contributed by atoms with E-state index in [9.17, 15) is 5.11 Å². The van der Waals surface area contributed by atoms with E-state index in [4.69, 9.17) is 0 Å². The largest absolute Gasteiger partial charge is 0.511 e. The first-order valence-electron chi connectivity index (χ1n) is 5.30. The number of aliphatic hydroxyl groups excluding tert-OH is 1. The van der Waals surface area contributed by atoms with E-state index in [1.54, 1.807) is 19.2 Å². The van der Waals surface area contributed by atoms with Crippen LogP contribution in [0.25, 0.3) is 0 Å². The lowest BCUT2D eigenvalue weighted by Gasteiger charge is -2.22. The van der Waals surface area contributed by atoms with Gasteiger partial charge in [-0.15, -0.1) is 0 Å². The first-order chi connectivity index (χ1) is 6.75. The van der Waals surface area contributed by atoms with Gasteiger partial charge in [-0.05, 0) is 19.8 Å². The molecule has 0 spiro atoms. The van der Waals surface area contributed by atoms with Crippen LogP contribution in [-0.4, -0.2) is 11.3 Å². The van der Waals surface area contributed by atoms with Gasteiger partial charge in [-0.3, -0.25) is 4.99 Å². The average molecular weight is 193 g/mol. The fourth-order valence-electron chi connectivity index (χ4n) is 2.00. The Morgan fingerprint density at radius 1 is 1.36 bits per heavy atom. The molecule has 1 N–H and O–H groups in total. The Balaban J connectivity index is 2.71. The molecule has 0 unspecified atom stereocenters. The van der Waals surface area contributed by atoms with Gasteiger partial charge in [0.2, 0.25) is 0 Å².